The molecule has 0 spiro atoms. The van der Waals surface area contributed by atoms with Crippen LogP contribution in [0, 0.1) is 12.0 Å². The van der Waals surface area contributed by atoms with Crippen LogP contribution in [0.3, 0.4) is 0 Å². The molecule has 4 heterocycles. The molecule has 1 fully saturated rings. The Morgan fingerprint density at radius 2 is 1.56 bits per heavy atom. The van der Waals surface area contributed by atoms with Gasteiger partial charge in [0.25, 0.3) is 0 Å². The molecule has 0 amide bonds. The van der Waals surface area contributed by atoms with Crippen LogP contribution in [0.15, 0.2) is 79.3 Å². The fourth-order valence-electron chi connectivity index (χ4n) is 4.16. The molecule has 0 radical (unpaired) electrons. The molecule has 6 rings (SSSR count). The maximum atomic E-state index is 6.03. The van der Waals surface area contributed by atoms with Gasteiger partial charge in [0, 0.05) is 60.7 Å². The van der Waals surface area contributed by atoms with E-state index in [1.54, 1.807) is 29.3 Å². The zero-order chi connectivity index (χ0) is 24.3. The van der Waals surface area contributed by atoms with E-state index in [1.807, 2.05) is 42.5 Å². The molecule has 0 atom stereocenters. The van der Waals surface area contributed by atoms with Crippen LogP contribution in [0.25, 0.3) is 22.4 Å². The molecule has 0 N–H and O–H groups in total. The summed E-state index contributed by atoms with van der Waals surface area (Å²) in [5.41, 5.74) is 3.38. The molecule has 0 saturated carbocycles. The SMILES string of the molecule is Clc1ccc(N2CCN(c3nccc(-c4nccc(C#Cn5ncc6ccccc65)n4)n3)CC2)cc1. The number of rotatable bonds is 3. The van der Waals surface area contributed by atoms with Gasteiger partial charge in [0.15, 0.2) is 5.82 Å². The lowest BCUT2D eigenvalue weighted by molar-refractivity contribution is 0.640. The van der Waals surface area contributed by atoms with Crippen molar-refractivity contribution in [3.63, 3.8) is 0 Å². The highest BCUT2D eigenvalue weighted by Gasteiger charge is 2.20. The highest BCUT2D eigenvalue weighted by molar-refractivity contribution is 6.30. The average Bonchev–Trinajstić information content (AvgIpc) is 3.36. The molecule has 1 aliphatic rings. The second-order valence-electron chi connectivity index (χ2n) is 8.31. The number of halogens is 1. The van der Waals surface area contributed by atoms with Crippen LogP contribution in [-0.4, -0.2) is 55.9 Å². The Balaban J connectivity index is 1.18. The molecular formula is C27H21ClN8. The minimum absolute atomic E-state index is 0.510. The predicted octanol–water partition coefficient (Wildman–Crippen LogP) is 4.12. The van der Waals surface area contributed by atoms with Crippen LogP contribution >= 0.6 is 11.6 Å². The number of hydrogen-bond donors (Lipinski definition) is 0. The van der Waals surface area contributed by atoms with Crippen molar-refractivity contribution in [2.45, 2.75) is 0 Å². The third kappa shape index (κ3) is 4.57. The van der Waals surface area contributed by atoms with E-state index in [9.17, 15) is 0 Å². The number of piperazine rings is 1. The van der Waals surface area contributed by atoms with Crippen LogP contribution in [0.4, 0.5) is 11.6 Å². The van der Waals surface area contributed by atoms with Crippen molar-refractivity contribution in [2.24, 2.45) is 0 Å². The van der Waals surface area contributed by atoms with Crippen molar-refractivity contribution in [3.8, 4) is 23.5 Å². The quantitative estimate of drug-likeness (QED) is 0.351. The largest absolute Gasteiger partial charge is 0.368 e. The molecule has 1 saturated heterocycles. The molecule has 8 nitrogen and oxygen atoms in total. The first kappa shape index (κ1) is 22.0. The lowest BCUT2D eigenvalue weighted by Gasteiger charge is -2.36. The Hall–Kier alpha value is -4.48. The molecule has 176 valence electrons. The molecule has 3 aromatic heterocycles. The molecule has 0 bridgehead atoms. The zero-order valence-electron chi connectivity index (χ0n) is 19.3. The lowest BCUT2D eigenvalue weighted by Crippen LogP contribution is -2.47. The molecule has 9 heteroatoms. The average molecular weight is 493 g/mol. The summed E-state index contributed by atoms with van der Waals surface area (Å²) in [5.74, 6) is 4.27. The van der Waals surface area contributed by atoms with Crippen molar-refractivity contribution in [2.75, 3.05) is 36.0 Å². The van der Waals surface area contributed by atoms with E-state index < -0.39 is 0 Å². The molecular weight excluding hydrogens is 472 g/mol. The maximum absolute atomic E-state index is 6.03. The summed E-state index contributed by atoms with van der Waals surface area (Å²) in [7, 11) is 0. The first-order chi connectivity index (χ1) is 17.7. The third-order valence-electron chi connectivity index (χ3n) is 6.05. The van der Waals surface area contributed by atoms with Gasteiger partial charge in [-0.1, -0.05) is 29.8 Å². The smallest absolute Gasteiger partial charge is 0.226 e. The van der Waals surface area contributed by atoms with Gasteiger partial charge in [-0.25, -0.2) is 19.9 Å². The third-order valence-corrected chi connectivity index (χ3v) is 6.30. The van der Waals surface area contributed by atoms with E-state index in [0.717, 1.165) is 42.1 Å². The highest BCUT2D eigenvalue weighted by atomic mass is 35.5. The van der Waals surface area contributed by atoms with Gasteiger partial charge in [-0.05, 0) is 48.4 Å². The predicted molar refractivity (Wildman–Crippen MR) is 141 cm³/mol. The van der Waals surface area contributed by atoms with Gasteiger partial charge in [0.2, 0.25) is 5.95 Å². The van der Waals surface area contributed by atoms with Crippen LogP contribution in [0.2, 0.25) is 5.02 Å². The second-order valence-corrected chi connectivity index (χ2v) is 8.75. The van der Waals surface area contributed by atoms with Gasteiger partial charge in [0.1, 0.15) is 11.4 Å². The first-order valence-corrected chi connectivity index (χ1v) is 12.0. The molecule has 1 aliphatic heterocycles. The summed E-state index contributed by atoms with van der Waals surface area (Å²) < 4.78 is 1.66. The van der Waals surface area contributed by atoms with E-state index in [1.165, 1.54) is 5.69 Å². The van der Waals surface area contributed by atoms with Gasteiger partial charge in [-0.3, -0.25) is 0 Å². The molecule has 0 unspecified atom stereocenters. The fraction of sp³-hybridized carbons (Fsp3) is 0.148. The van der Waals surface area contributed by atoms with Crippen LogP contribution < -0.4 is 9.80 Å². The Kier molecular flexibility index (Phi) is 5.90. The van der Waals surface area contributed by atoms with Gasteiger partial charge < -0.3 is 9.80 Å². The second kappa shape index (κ2) is 9.64. The standard InChI is InChI=1S/C27H21ClN8/c28-21-5-7-23(8-6-21)34-15-17-35(18-16-34)27-30-13-10-24(33-27)26-29-12-9-22(32-26)11-14-36-25-4-2-1-3-20(25)19-31-36/h1-10,12-13,19H,15-18H2. The monoisotopic (exact) mass is 492 g/mol. The normalized spacial score (nSPS) is 13.5. The van der Waals surface area contributed by atoms with Crippen molar-refractivity contribution in [1.82, 2.24) is 29.7 Å². The number of benzene rings is 2. The molecule has 5 aromatic rings. The Bertz CT molecular complexity index is 1580. The minimum atomic E-state index is 0.510. The first-order valence-electron chi connectivity index (χ1n) is 11.6. The van der Waals surface area contributed by atoms with Crippen molar-refractivity contribution in [1.29, 1.82) is 0 Å². The lowest BCUT2D eigenvalue weighted by atomic mass is 10.2. The van der Waals surface area contributed by atoms with Crippen LogP contribution in [0.1, 0.15) is 5.69 Å². The summed E-state index contributed by atoms with van der Waals surface area (Å²) in [6.45, 7) is 3.38. The van der Waals surface area contributed by atoms with Gasteiger partial charge in [0.05, 0.1) is 11.7 Å². The number of fused-ring (bicyclic) bond motifs is 1. The number of aromatic nitrogens is 6. The minimum Gasteiger partial charge on any atom is -0.368 e. The van der Waals surface area contributed by atoms with Crippen molar-refractivity contribution in [3.05, 3.63) is 90.0 Å². The van der Waals surface area contributed by atoms with Gasteiger partial charge >= 0.3 is 0 Å². The number of anilines is 2. The van der Waals surface area contributed by atoms with Crippen molar-refractivity contribution < 1.29 is 0 Å². The summed E-state index contributed by atoms with van der Waals surface area (Å²) >= 11 is 6.03. The molecule has 2 aromatic carbocycles. The van der Waals surface area contributed by atoms with Crippen molar-refractivity contribution >= 4 is 34.1 Å². The Morgan fingerprint density at radius 1 is 0.778 bits per heavy atom. The summed E-state index contributed by atoms with van der Waals surface area (Å²) in [6.07, 6.45) is 5.24. The van der Waals surface area contributed by atoms with E-state index in [-0.39, 0.29) is 0 Å². The van der Waals surface area contributed by atoms with E-state index in [0.29, 0.717) is 23.2 Å². The Morgan fingerprint density at radius 3 is 2.42 bits per heavy atom. The van der Waals surface area contributed by atoms with E-state index in [2.05, 4.69) is 53.9 Å². The Labute approximate surface area is 213 Å². The van der Waals surface area contributed by atoms with E-state index in [4.69, 9.17) is 16.6 Å². The topological polar surface area (TPSA) is 75.9 Å². The molecule has 0 aliphatic carbocycles. The van der Waals surface area contributed by atoms with E-state index >= 15 is 0 Å². The zero-order valence-corrected chi connectivity index (χ0v) is 20.0. The number of nitrogens with zero attached hydrogens (tertiary/aromatic N) is 8. The number of para-hydroxylation sites is 1. The van der Waals surface area contributed by atoms with Gasteiger partial charge in [-0.2, -0.15) is 9.78 Å². The maximum Gasteiger partial charge on any atom is 0.226 e. The summed E-state index contributed by atoms with van der Waals surface area (Å²) in [4.78, 5) is 22.8. The summed E-state index contributed by atoms with van der Waals surface area (Å²) in [5, 5.41) is 6.13. The summed E-state index contributed by atoms with van der Waals surface area (Å²) in [6, 6.07) is 22.5. The molecule has 36 heavy (non-hydrogen) atoms. The van der Waals surface area contributed by atoms with Crippen LogP contribution in [0.5, 0.6) is 0 Å². The number of hydrogen-bond acceptors (Lipinski definition) is 7. The fourth-order valence-corrected chi connectivity index (χ4v) is 4.29. The van der Waals surface area contributed by atoms with Gasteiger partial charge in [-0.15, -0.1) is 0 Å². The van der Waals surface area contributed by atoms with Crippen LogP contribution in [-0.2, 0) is 0 Å². The highest BCUT2D eigenvalue weighted by Crippen LogP contribution is 2.22.